The number of benzene rings is 3. The Morgan fingerprint density at radius 3 is 2.08 bits per heavy atom. The molecule has 0 heterocycles. The standard InChI is InChI=1S/C27H29NO7S/c1-27(2,3)34-25(29)23(24(28)26(30)33-18-19-11-6-4-7-12-19)20-13-10-14-21(17-20)35-36(31,32)22-15-8-5-9-16-22/h4-17,23-24H,18,28H2,1-3H3. The van der Waals surface area contributed by atoms with Crippen LogP contribution in [-0.2, 0) is 35.8 Å². The van der Waals surface area contributed by atoms with Crippen molar-refractivity contribution in [3.63, 3.8) is 0 Å². The first-order valence-electron chi connectivity index (χ1n) is 11.2. The maximum Gasteiger partial charge on any atom is 0.339 e. The predicted molar refractivity (Wildman–Crippen MR) is 133 cm³/mol. The van der Waals surface area contributed by atoms with Crippen LogP contribution in [0.3, 0.4) is 0 Å². The SMILES string of the molecule is CC(C)(C)OC(=O)C(c1cccc(OS(=O)(=O)c2ccccc2)c1)C(N)C(=O)OCc1ccccc1. The van der Waals surface area contributed by atoms with E-state index >= 15 is 0 Å². The molecule has 2 atom stereocenters. The maximum absolute atomic E-state index is 13.1. The molecule has 3 aromatic rings. The molecule has 0 aliphatic rings. The van der Waals surface area contributed by atoms with Gasteiger partial charge in [-0.3, -0.25) is 9.59 Å². The van der Waals surface area contributed by atoms with Gasteiger partial charge in [-0.25, -0.2) is 0 Å². The van der Waals surface area contributed by atoms with Gasteiger partial charge in [-0.15, -0.1) is 0 Å². The summed E-state index contributed by atoms with van der Waals surface area (Å²) in [6, 6.07) is 21.1. The Bertz CT molecular complexity index is 1290. The minimum Gasteiger partial charge on any atom is -0.460 e. The average molecular weight is 512 g/mol. The summed E-state index contributed by atoms with van der Waals surface area (Å²) in [7, 11) is -4.12. The summed E-state index contributed by atoms with van der Waals surface area (Å²) in [5.74, 6) is -2.88. The van der Waals surface area contributed by atoms with Gasteiger partial charge in [0, 0.05) is 0 Å². The second-order valence-electron chi connectivity index (χ2n) is 9.05. The Balaban J connectivity index is 1.87. The number of hydrogen-bond donors (Lipinski definition) is 1. The van der Waals surface area contributed by atoms with Gasteiger partial charge in [-0.1, -0.05) is 60.7 Å². The van der Waals surface area contributed by atoms with Crippen LogP contribution in [0.5, 0.6) is 5.75 Å². The number of hydrogen-bond acceptors (Lipinski definition) is 8. The van der Waals surface area contributed by atoms with Crippen molar-refractivity contribution in [1.82, 2.24) is 0 Å². The van der Waals surface area contributed by atoms with Crippen LogP contribution in [0.4, 0.5) is 0 Å². The van der Waals surface area contributed by atoms with Crippen molar-refractivity contribution in [2.75, 3.05) is 0 Å². The molecule has 0 bridgehead atoms. The smallest absolute Gasteiger partial charge is 0.339 e. The Morgan fingerprint density at radius 2 is 1.47 bits per heavy atom. The van der Waals surface area contributed by atoms with E-state index in [1.54, 1.807) is 57.2 Å². The van der Waals surface area contributed by atoms with Gasteiger partial charge in [0.2, 0.25) is 0 Å². The van der Waals surface area contributed by atoms with Gasteiger partial charge in [0.05, 0.1) is 0 Å². The normalized spacial score (nSPS) is 13.3. The number of esters is 2. The highest BCUT2D eigenvalue weighted by Gasteiger charge is 2.37. The third-order valence-electron chi connectivity index (χ3n) is 4.97. The zero-order chi connectivity index (χ0) is 26.3. The highest BCUT2D eigenvalue weighted by Crippen LogP contribution is 2.28. The quantitative estimate of drug-likeness (QED) is 0.339. The lowest BCUT2D eigenvalue weighted by Gasteiger charge is -2.27. The Morgan fingerprint density at radius 1 is 0.861 bits per heavy atom. The molecule has 9 heteroatoms. The van der Waals surface area contributed by atoms with E-state index in [2.05, 4.69) is 0 Å². The molecule has 0 saturated heterocycles. The molecule has 0 amide bonds. The van der Waals surface area contributed by atoms with Crippen molar-refractivity contribution in [2.24, 2.45) is 5.73 Å². The summed E-state index contributed by atoms with van der Waals surface area (Å²) < 4.78 is 41.4. The Kier molecular flexibility index (Phi) is 8.49. The molecule has 0 aliphatic carbocycles. The first-order valence-corrected chi connectivity index (χ1v) is 12.7. The zero-order valence-corrected chi connectivity index (χ0v) is 21.1. The third-order valence-corrected chi connectivity index (χ3v) is 6.23. The van der Waals surface area contributed by atoms with E-state index in [-0.39, 0.29) is 22.8 Å². The number of ether oxygens (including phenoxy) is 2. The number of rotatable bonds is 9. The lowest BCUT2D eigenvalue weighted by atomic mass is 9.91. The van der Waals surface area contributed by atoms with Crippen LogP contribution in [0.25, 0.3) is 0 Å². The van der Waals surface area contributed by atoms with Crippen molar-refractivity contribution in [3.8, 4) is 5.75 Å². The van der Waals surface area contributed by atoms with Gasteiger partial charge in [0.25, 0.3) is 0 Å². The van der Waals surface area contributed by atoms with Gasteiger partial charge >= 0.3 is 22.1 Å². The van der Waals surface area contributed by atoms with Gasteiger partial charge in [-0.2, -0.15) is 8.42 Å². The van der Waals surface area contributed by atoms with E-state index in [0.717, 1.165) is 5.56 Å². The molecule has 2 N–H and O–H groups in total. The second-order valence-corrected chi connectivity index (χ2v) is 10.6. The fourth-order valence-electron chi connectivity index (χ4n) is 3.34. The zero-order valence-electron chi connectivity index (χ0n) is 20.3. The number of nitrogens with two attached hydrogens (primary N) is 1. The fourth-order valence-corrected chi connectivity index (χ4v) is 4.28. The van der Waals surface area contributed by atoms with Crippen molar-refractivity contribution in [1.29, 1.82) is 0 Å². The van der Waals surface area contributed by atoms with E-state index in [1.165, 1.54) is 30.3 Å². The van der Waals surface area contributed by atoms with E-state index < -0.39 is 39.6 Å². The highest BCUT2D eigenvalue weighted by molar-refractivity contribution is 7.87. The van der Waals surface area contributed by atoms with Crippen LogP contribution < -0.4 is 9.92 Å². The van der Waals surface area contributed by atoms with E-state index in [0.29, 0.717) is 0 Å². The van der Waals surface area contributed by atoms with Gasteiger partial charge in [0.15, 0.2) is 0 Å². The van der Waals surface area contributed by atoms with E-state index in [4.69, 9.17) is 19.4 Å². The monoisotopic (exact) mass is 511 g/mol. The lowest BCUT2D eigenvalue weighted by Crippen LogP contribution is -2.43. The van der Waals surface area contributed by atoms with E-state index in [9.17, 15) is 18.0 Å². The van der Waals surface area contributed by atoms with E-state index in [1.807, 2.05) is 18.2 Å². The molecule has 3 aromatic carbocycles. The van der Waals surface area contributed by atoms with Crippen molar-refractivity contribution in [2.45, 2.75) is 49.8 Å². The minimum absolute atomic E-state index is 0.0210. The molecular formula is C27H29NO7S. The van der Waals surface area contributed by atoms with Crippen molar-refractivity contribution < 1.29 is 31.7 Å². The molecule has 2 unspecified atom stereocenters. The summed E-state index contributed by atoms with van der Waals surface area (Å²) in [5, 5.41) is 0. The summed E-state index contributed by atoms with van der Waals surface area (Å²) in [6.07, 6.45) is 0. The van der Waals surface area contributed by atoms with Crippen molar-refractivity contribution >= 4 is 22.1 Å². The molecule has 0 spiro atoms. The molecule has 8 nitrogen and oxygen atoms in total. The molecular weight excluding hydrogens is 482 g/mol. The summed E-state index contributed by atoms with van der Waals surface area (Å²) >= 11 is 0. The fraction of sp³-hybridized carbons (Fsp3) is 0.259. The van der Waals surface area contributed by atoms with Gasteiger partial charge in [0.1, 0.15) is 34.8 Å². The number of carbonyl (C=O) groups excluding carboxylic acids is 2. The predicted octanol–water partition coefficient (Wildman–Crippen LogP) is 3.95. The molecule has 0 saturated carbocycles. The average Bonchev–Trinajstić information content (AvgIpc) is 2.82. The molecule has 0 aliphatic heterocycles. The van der Waals surface area contributed by atoms with Crippen LogP contribution >= 0.6 is 0 Å². The summed E-state index contributed by atoms with van der Waals surface area (Å²) in [5.41, 5.74) is 6.36. The van der Waals surface area contributed by atoms with Crippen LogP contribution in [0, 0.1) is 0 Å². The van der Waals surface area contributed by atoms with Crippen LogP contribution in [0.1, 0.15) is 37.8 Å². The Labute approximate surface area is 211 Å². The van der Waals surface area contributed by atoms with Crippen LogP contribution in [-0.4, -0.2) is 32.0 Å². The minimum atomic E-state index is -4.12. The lowest BCUT2D eigenvalue weighted by molar-refractivity contribution is -0.161. The molecule has 190 valence electrons. The van der Waals surface area contributed by atoms with Gasteiger partial charge in [-0.05, 0) is 56.2 Å². The largest absolute Gasteiger partial charge is 0.460 e. The molecule has 3 rings (SSSR count). The molecule has 36 heavy (non-hydrogen) atoms. The van der Waals surface area contributed by atoms with Crippen LogP contribution in [0.2, 0.25) is 0 Å². The Hall–Kier alpha value is -3.69. The molecule has 0 radical (unpaired) electrons. The third kappa shape index (κ3) is 7.40. The first kappa shape index (κ1) is 26.9. The van der Waals surface area contributed by atoms with Crippen molar-refractivity contribution in [3.05, 3.63) is 96.1 Å². The molecule has 0 aromatic heterocycles. The second kappa shape index (κ2) is 11.4. The maximum atomic E-state index is 13.1. The highest BCUT2D eigenvalue weighted by atomic mass is 32.2. The number of carbonyl (C=O) groups is 2. The molecule has 0 fully saturated rings. The summed E-state index contributed by atoms with van der Waals surface area (Å²) in [4.78, 5) is 25.9. The topological polar surface area (TPSA) is 122 Å². The van der Waals surface area contributed by atoms with Crippen LogP contribution in [0.15, 0.2) is 89.8 Å². The summed E-state index contributed by atoms with van der Waals surface area (Å²) in [6.45, 7) is 5.04. The van der Waals surface area contributed by atoms with Gasteiger partial charge < -0.3 is 19.4 Å². The first-order chi connectivity index (χ1) is 17.0.